The van der Waals surface area contributed by atoms with Crippen LogP contribution in [-0.2, 0) is 6.18 Å². The lowest BCUT2D eigenvalue weighted by atomic mass is 10.2. The number of hydrogen-bond donors (Lipinski definition) is 3. The highest BCUT2D eigenvalue weighted by molar-refractivity contribution is 5.74. The molecule has 0 aliphatic heterocycles. The van der Waals surface area contributed by atoms with E-state index in [1.165, 1.54) is 12.1 Å². The zero-order valence-corrected chi connectivity index (χ0v) is 13.1. The van der Waals surface area contributed by atoms with Gasteiger partial charge in [0, 0.05) is 12.6 Å². The highest BCUT2D eigenvalue weighted by atomic mass is 19.4. The second-order valence-corrected chi connectivity index (χ2v) is 5.82. The zero-order valence-electron chi connectivity index (χ0n) is 13.1. The molecule has 2 rings (SSSR count). The summed E-state index contributed by atoms with van der Waals surface area (Å²) in [5.74, 6) is 0.220. The minimum Gasteiger partial charge on any atom is -0.491 e. The van der Waals surface area contributed by atoms with Crippen molar-refractivity contribution in [2.24, 2.45) is 0 Å². The average molecular weight is 346 g/mol. The Morgan fingerprint density at radius 1 is 1.25 bits per heavy atom. The molecule has 1 saturated carbocycles. The molecular formula is C16H21F3N2O3. The van der Waals surface area contributed by atoms with Crippen LogP contribution >= 0.6 is 0 Å². The number of nitrogens with one attached hydrogen (secondary N) is 2. The Hall–Kier alpha value is -1.96. The standard InChI is InChI=1S/C16H21F3N2O3/c17-16(18,19)11-5-7-14(8-6-11)24-10-13(22)9-20-15(23)21-12-3-1-2-4-12/h5-8,12-13,22H,1-4,9-10H2,(H2,20,21,23). The van der Waals surface area contributed by atoms with Crippen LogP contribution in [-0.4, -0.2) is 36.4 Å². The number of alkyl halides is 3. The Kier molecular flexibility index (Phi) is 6.30. The van der Waals surface area contributed by atoms with E-state index >= 15 is 0 Å². The molecule has 134 valence electrons. The number of carbonyl (C=O) groups is 1. The van der Waals surface area contributed by atoms with Gasteiger partial charge in [-0.3, -0.25) is 0 Å². The second-order valence-electron chi connectivity index (χ2n) is 5.82. The van der Waals surface area contributed by atoms with Gasteiger partial charge in [0.15, 0.2) is 0 Å². The molecule has 0 radical (unpaired) electrons. The molecule has 24 heavy (non-hydrogen) atoms. The molecule has 0 saturated heterocycles. The fraction of sp³-hybridized carbons (Fsp3) is 0.562. The van der Waals surface area contributed by atoms with Crippen LogP contribution in [0, 0.1) is 0 Å². The fourth-order valence-corrected chi connectivity index (χ4v) is 2.51. The fourth-order valence-electron chi connectivity index (χ4n) is 2.51. The van der Waals surface area contributed by atoms with Gasteiger partial charge in [0.2, 0.25) is 0 Å². The summed E-state index contributed by atoms with van der Waals surface area (Å²) in [6.07, 6.45) is -1.21. The van der Waals surface area contributed by atoms with Gasteiger partial charge in [0.25, 0.3) is 0 Å². The Morgan fingerprint density at radius 3 is 2.46 bits per heavy atom. The molecular weight excluding hydrogens is 325 g/mol. The molecule has 2 amide bonds. The summed E-state index contributed by atoms with van der Waals surface area (Å²) >= 11 is 0. The summed E-state index contributed by atoms with van der Waals surface area (Å²) in [7, 11) is 0. The normalized spacial score (nSPS) is 16.7. The molecule has 1 aliphatic rings. The molecule has 1 aliphatic carbocycles. The van der Waals surface area contributed by atoms with Crippen molar-refractivity contribution in [1.82, 2.24) is 10.6 Å². The molecule has 1 aromatic rings. The van der Waals surface area contributed by atoms with Crippen LogP contribution in [0.25, 0.3) is 0 Å². The SMILES string of the molecule is O=C(NCC(O)COc1ccc(C(F)(F)F)cc1)NC1CCCC1. The van der Waals surface area contributed by atoms with Crippen LogP contribution in [0.15, 0.2) is 24.3 Å². The molecule has 0 aromatic heterocycles. The van der Waals surface area contributed by atoms with E-state index in [-0.39, 0.29) is 31.0 Å². The molecule has 0 bridgehead atoms. The summed E-state index contributed by atoms with van der Waals surface area (Å²) in [5.41, 5.74) is -0.763. The second kappa shape index (κ2) is 8.23. The van der Waals surface area contributed by atoms with E-state index in [1.54, 1.807) is 0 Å². The highest BCUT2D eigenvalue weighted by Crippen LogP contribution is 2.30. The Bertz CT molecular complexity index is 528. The van der Waals surface area contributed by atoms with Gasteiger partial charge in [0.1, 0.15) is 18.5 Å². The van der Waals surface area contributed by atoms with E-state index in [2.05, 4.69) is 10.6 Å². The van der Waals surface area contributed by atoms with Crippen LogP contribution in [0.2, 0.25) is 0 Å². The third-order valence-electron chi connectivity index (χ3n) is 3.81. The number of carbonyl (C=O) groups excluding carboxylic acids is 1. The quantitative estimate of drug-likeness (QED) is 0.742. The first kappa shape index (κ1) is 18.4. The summed E-state index contributed by atoms with van der Waals surface area (Å²) < 4.78 is 42.5. The van der Waals surface area contributed by atoms with Crippen molar-refractivity contribution in [1.29, 1.82) is 0 Å². The Labute approximate surface area is 138 Å². The Balaban J connectivity index is 1.67. The van der Waals surface area contributed by atoms with E-state index in [0.717, 1.165) is 37.8 Å². The lowest BCUT2D eigenvalue weighted by Gasteiger charge is -2.16. The van der Waals surface area contributed by atoms with Crippen LogP contribution in [0.4, 0.5) is 18.0 Å². The number of rotatable bonds is 6. The van der Waals surface area contributed by atoms with Crippen LogP contribution in [0.3, 0.4) is 0 Å². The molecule has 1 unspecified atom stereocenters. The monoisotopic (exact) mass is 346 g/mol. The smallest absolute Gasteiger partial charge is 0.416 e. The van der Waals surface area contributed by atoms with Gasteiger partial charge in [0.05, 0.1) is 5.56 Å². The van der Waals surface area contributed by atoms with Crippen molar-refractivity contribution < 1.29 is 27.8 Å². The van der Waals surface area contributed by atoms with Crippen molar-refractivity contribution in [3.05, 3.63) is 29.8 Å². The van der Waals surface area contributed by atoms with Crippen LogP contribution < -0.4 is 15.4 Å². The van der Waals surface area contributed by atoms with Gasteiger partial charge in [-0.05, 0) is 37.1 Å². The van der Waals surface area contributed by atoms with Gasteiger partial charge >= 0.3 is 12.2 Å². The predicted octanol–water partition coefficient (Wildman–Crippen LogP) is 2.69. The van der Waals surface area contributed by atoms with E-state index < -0.39 is 17.8 Å². The van der Waals surface area contributed by atoms with Crippen molar-refractivity contribution in [2.75, 3.05) is 13.2 Å². The first-order chi connectivity index (χ1) is 11.3. The van der Waals surface area contributed by atoms with Gasteiger partial charge in [-0.15, -0.1) is 0 Å². The topological polar surface area (TPSA) is 70.6 Å². The third-order valence-corrected chi connectivity index (χ3v) is 3.81. The van der Waals surface area contributed by atoms with E-state index in [4.69, 9.17) is 4.74 Å². The number of aliphatic hydroxyl groups is 1. The number of halogens is 3. The average Bonchev–Trinajstić information content (AvgIpc) is 3.03. The number of aliphatic hydroxyl groups excluding tert-OH is 1. The number of ether oxygens (including phenoxy) is 1. The summed E-state index contributed by atoms with van der Waals surface area (Å²) in [4.78, 5) is 11.6. The molecule has 8 heteroatoms. The maximum absolute atomic E-state index is 12.4. The first-order valence-corrected chi connectivity index (χ1v) is 7.87. The number of amides is 2. The zero-order chi connectivity index (χ0) is 17.6. The largest absolute Gasteiger partial charge is 0.491 e. The molecule has 1 atom stereocenters. The van der Waals surface area contributed by atoms with Crippen molar-refractivity contribution in [3.63, 3.8) is 0 Å². The summed E-state index contributed by atoms with van der Waals surface area (Å²) in [5, 5.41) is 15.1. The van der Waals surface area contributed by atoms with Gasteiger partial charge in [-0.2, -0.15) is 13.2 Å². The van der Waals surface area contributed by atoms with E-state index in [0.29, 0.717) is 0 Å². The minimum atomic E-state index is -4.39. The molecule has 3 N–H and O–H groups in total. The molecule has 0 heterocycles. The minimum absolute atomic E-state index is 0.000806. The van der Waals surface area contributed by atoms with Crippen molar-refractivity contribution in [3.8, 4) is 5.75 Å². The lowest BCUT2D eigenvalue weighted by Crippen LogP contribution is -2.44. The van der Waals surface area contributed by atoms with E-state index in [9.17, 15) is 23.1 Å². The molecule has 1 fully saturated rings. The Morgan fingerprint density at radius 2 is 1.88 bits per heavy atom. The summed E-state index contributed by atoms with van der Waals surface area (Å²) in [6, 6.07) is 4.05. The van der Waals surface area contributed by atoms with Crippen LogP contribution in [0.1, 0.15) is 31.2 Å². The highest BCUT2D eigenvalue weighted by Gasteiger charge is 2.30. The van der Waals surface area contributed by atoms with Crippen molar-refractivity contribution in [2.45, 2.75) is 44.0 Å². The maximum Gasteiger partial charge on any atom is 0.416 e. The van der Waals surface area contributed by atoms with Gasteiger partial charge < -0.3 is 20.5 Å². The maximum atomic E-state index is 12.4. The predicted molar refractivity (Wildman–Crippen MR) is 81.7 cm³/mol. The van der Waals surface area contributed by atoms with Gasteiger partial charge in [-0.25, -0.2) is 4.79 Å². The number of urea groups is 1. The summed E-state index contributed by atoms with van der Waals surface area (Å²) in [6.45, 7) is -0.131. The molecule has 5 nitrogen and oxygen atoms in total. The van der Waals surface area contributed by atoms with Gasteiger partial charge in [-0.1, -0.05) is 12.8 Å². The van der Waals surface area contributed by atoms with E-state index in [1.807, 2.05) is 0 Å². The molecule has 0 spiro atoms. The molecule has 1 aromatic carbocycles. The first-order valence-electron chi connectivity index (χ1n) is 7.87. The third kappa shape index (κ3) is 5.92. The lowest BCUT2D eigenvalue weighted by molar-refractivity contribution is -0.137. The number of benzene rings is 1. The number of hydrogen-bond acceptors (Lipinski definition) is 3. The van der Waals surface area contributed by atoms with Crippen LogP contribution in [0.5, 0.6) is 5.75 Å². The van der Waals surface area contributed by atoms with Crippen molar-refractivity contribution >= 4 is 6.03 Å².